The summed E-state index contributed by atoms with van der Waals surface area (Å²) >= 11 is 11.8. The predicted octanol–water partition coefficient (Wildman–Crippen LogP) is 3.57. The van der Waals surface area contributed by atoms with Gasteiger partial charge in [0.1, 0.15) is 0 Å². The summed E-state index contributed by atoms with van der Waals surface area (Å²) < 4.78 is 26.8. The molecule has 0 bridgehead atoms. The molecule has 3 rings (SSSR count). The van der Waals surface area contributed by atoms with E-state index in [1.165, 1.54) is 31.0 Å². The van der Waals surface area contributed by atoms with E-state index in [1.807, 2.05) is 0 Å². The largest absolute Gasteiger partial charge is 0.314 e. The molecule has 0 atom stereocenters. The van der Waals surface area contributed by atoms with Crippen LogP contribution in [-0.2, 0) is 10.0 Å². The number of benzene rings is 1. The van der Waals surface area contributed by atoms with Crippen LogP contribution in [0, 0.1) is 5.92 Å². The topological polar surface area (TPSA) is 49.4 Å². The van der Waals surface area contributed by atoms with Crippen LogP contribution in [0.1, 0.15) is 25.7 Å². The summed E-state index contributed by atoms with van der Waals surface area (Å²) in [6.45, 7) is 2.17. The fourth-order valence-electron chi connectivity index (χ4n) is 2.74. The van der Waals surface area contributed by atoms with Gasteiger partial charge in [-0.2, -0.15) is 4.31 Å². The van der Waals surface area contributed by atoms with Crippen molar-refractivity contribution in [3.05, 3.63) is 28.2 Å². The standard InChI is InChI=1S/C15H20Cl2N2O2S.ClH/c16-14-4-3-13(9-15(14)17)22(20,21)19-7-5-12(6-8-19)18-10-11-1-2-11;/h3-4,9,11-12,18H,1-2,5-8,10H2;1H. The first-order valence-corrected chi connectivity index (χ1v) is 9.85. The Balaban J connectivity index is 0.00000192. The summed E-state index contributed by atoms with van der Waals surface area (Å²) in [5.41, 5.74) is 0. The number of nitrogens with zero attached hydrogens (tertiary/aromatic N) is 1. The second kappa shape index (κ2) is 7.89. The van der Waals surface area contributed by atoms with Crippen molar-refractivity contribution in [1.29, 1.82) is 0 Å². The van der Waals surface area contributed by atoms with E-state index in [4.69, 9.17) is 23.2 Å². The number of sulfonamides is 1. The minimum atomic E-state index is -3.48. The van der Waals surface area contributed by atoms with E-state index in [0.717, 1.165) is 25.3 Å². The van der Waals surface area contributed by atoms with Gasteiger partial charge in [0, 0.05) is 19.1 Å². The highest BCUT2D eigenvalue weighted by Gasteiger charge is 2.30. The third-order valence-electron chi connectivity index (χ3n) is 4.37. The van der Waals surface area contributed by atoms with Gasteiger partial charge in [-0.1, -0.05) is 23.2 Å². The Hall–Kier alpha value is -0.0400. The molecule has 0 unspecified atom stereocenters. The Morgan fingerprint density at radius 1 is 1.09 bits per heavy atom. The van der Waals surface area contributed by atoms with Crippen LogP contribution in [0.4, 0.5) is 0 Å². The molecule has 1 N–H and O–H groups in total. The van der Waals surface area contributed by atoms with Crippen molar-refractivity contribution >= 4 is 45.6 Å². The average molecular weight is 400 g/mol. The van der Waals surface area contributed by atoms with Crippen LogP contribution in [0.3, 0.4) is 0 Å². The lowest BCUT2D eigenvalue weighted by atomic mass is 10.1. The molecule has 2 fully saturated rings. The number of nitrogens with one attached hydrogen (secondary N) is 1. The summed E-state index contributed by atoms with van der Waals surface area (Å²) in [5.74, 6) is 0.845. The van der Waals surface area contributed by atoms with Gasteiger partial charge in [-0.3, -0.25) is 0 Å². The lowest BCUT2D eigenvalue weighted by molar-refractivity contribution is 0.288. The quantitative estimate of drug-likeness (QED) is 0.823. The lowest BCUT2D eigenvalue weighted by Gasteiger charge is -2.31. The highest BCUT2D eigenvalue weighted by molar-refractivity contribution is 7.89. The normalized spacial score (nSPS) is 20.3. The molecule has 1 aromatic rings. The molecule has 8 heteroatoms. The van der Waals surface area contributed by atoms with Crippen LogP contribution in [-0.4, -0.2) is 38.4 Å². The molecule has 1 aliphatic heterocycles. The van der Waals surface area contributed by atoms with Crippen molar-refractivity contribution in [3.63, 3.8) is 0 Å². The lowest BCUT2D eigenvalue weighted by Crippen LogP contribution is -2.45. The molecule has 23 heavy (non-hydrogen) atoms. The second-order valence-corrected chi connectivity index (χ2v) is 8.86. The molecule has 4 nitrogen and oxygen atoms in total. The molecule has 1 saturated carbocycles. The summed E-state index contributed by atoms with van der Waals surface area (Å²) in [6, 6.07) is 4.90. The highest BCUT2D eigenvalue weighted by atomic mass is 35.5. The van der Waals surface area contributed by atoms with E-state index in [-0.39, 0.29) is 22.3 Å². The van der Waals surface area contributed by atoms with Crippen LogP contribution in [0.25, 0.3) is 0 Å². The van der Waals surface area contributed by atoms with E-state index < -0.39 is 10.0 Å². The molecule has 1 saturated heterocycles. The van der Waals surface area contributed by atoms with E-state index in [2.05, 4.69) is 5.32 Å². The number of piperidine rings is 1. The van der Waals surface area contributed by atoms with Gasteiger partial charge < -0.3 is 5.32 Å². The molecule has 1 aliphatic carbocycles. The van der Waals surface area contributed by atoms with Gasteiger partial charge >= 0.3 is 0 Å². The third-order valence-corrected chi connectivity index (χ3v) is 7.01. The number of halogens is 3. The van der Waals surface area contributed by atoms with Crippen molar-refractivity contribution in [3.8, 4) is 0 Å². The summed E-state index contributed by atoms with van der Waals surface area (Å²) in [6.07, 6.45) is 4.37. The average Bonchev–Trinajstić information content (AvgIpc) is 3.32. The monoisotopic (exact) mass is 398 g/mol. The fraction of sp³-hybridized carbons (Fsp3) is 0.600. The molecule has 0 amide bonds. The third kappa shape index (κ3) is 4.74. The maximum absolute atomic E-state index is 12.6. The first-order valence-electron chi connectivity index (χ1n) is 7.65. The van der Waals surface area contributed by atoms with Crippen molar-refractivity contribution in [2.24, 2.45) is 5.92 Å². The van der Waals surface area contributed by atoms with E-state index in [1.54, 1.807) is 4.31 Å². The number of rotatable bonds is 5. The fourth-order valence-corrected chi connectivity index (χ4v) is 4.60. The van der Waals surface area contributed by atoms with Gasteiger partial charge in [0.05, 0.1) is 14.9 Å². The first-order chi connectivity index (χ1) is 10.5. The SMILES string of the molecule is Cl.O=S(=O)(c1ccc(Cl)c(Cl)c1)N1CCC(NCC2CC2)CC1. The number of hydrogen-bond acceptors (Lipinski definition) is 3. The summed E-state index contributed by atoms with van der Waals surface area (Å²) in [7, 11) is -3.48. The van der Waals surface area contributed by atoms with Gasteiger partial charge in [0.25, 0.3) is 0 Å². The Labute approximate surface area is 154 Å². The maximum Gasteiger partial charge on any atom is 0.243 e. The Morgan fingerprint density at radius 2 is 1.74 bits per heavy atom. The zero-order chi connectivity index (χ0) is 15.7. The van der Waals surface area contributed by atoms with Crippen LogP contribution in [0.2, 0.25) is 10.0 Å². The summed E-state index contributed by atoms with van der Waals surface area (Å²) in [5, 5.41) is 4.18. The number of hydrogen-bond donors (Lipinski definition) is 1. The van der Waals surface area contributed by atoms with Gasteiger partial charge in [0.15, 0.2) is 0 Å². The molecular weight excluding hydrogens is 379 g/mol. The Bertz CT molecular complexity index is 642. The second-order valence-electron chi connectivity index (χ2n) is 6.11. The molecule has 2 aliphatic rings. The smallest absolute Gasteiger partial charge is 0.243 e. The molecule has 0 spiro atoms. The van der Waals surface area contributed by atoms with E-state index in [0.29, 0.717) is 24.2 Å². The zero-order valence-corrected chi connectivity index (χ0v) is 15.8. The van der Waals surface area contributed by atoms with Crippen molar-refractivity contribution in [1.82, 2.24) is 9.62 Å². The highest BCUT2D eigenvalue weighted by Crippen LogP contribution is 2.29. The van der Waals surface area contributed by atoms with Gasteiger partial charge in [0.2, 0.25) is 10.0 Å². The Kier molecular flexibility index (Phi) is 6.62. The zero-order valence-electron chi connectivity index (χ0n) is 12.7. The maximum atomic E-state index is 12.6. The van der Waals surface area contributed by atoms with Crippen molar-refractivity contribution in [2.45, 2.75) is 36.6 Å². The van der Waals surface area contributed by atoms with Crippen LogP contribution in [0.15, 0.2) is 23.1 Å². The molecular formula is C15H21Cl3N2O2S. The molecule has 0 aromatic heterocycles. The van der Waals surface area contributed by atoms with Crippen LogP contribution in [0.5, 0.6) is 0 Å². The molecule has 130 valence electrons. The minimum absolute atomic E-state index is 0. The first kappa shape index (κ1) is 19.3. The van der Waals surface area contributed by atoms with Crippen molar-refractivity contribution < 1.29 is 8.42 Å². The van der Waals surface area contributed by atoms with Gasteiger partial charge in [-0.25, -0.2) is 8.42 Å². The molecule has 0 radical (unpaired) electrons. The predicted molar refractivity (Wildman–Crippen MR) is 96.2 cm³/mol. The van der Waals surface area contributed by atoms with Crippen molar-refractivity contribution in [2.75, 3.05) is 19.6 Å². The summed E-state index contributed by atoms with van der Waals surface area (Å²) in [4.78, 5) is 0.214. The minimum Gasteiger partial charge on any atom is -0.314 e. The van der Waals surface area contributed by atoms with E-state index >= 15 is 0 Å². The van der Waals surface area contributed by atoms with Crippen LogP contribution >= 0.6 is 35.6 Å². The van der Waals surface area contributed by atoms with Gasteiger partial charge in [-0.05, 0) is 56.3 Å². The van der Waals surface area contributed by atoms with E-state index in [9.17, 15) is 8.42 Å². The van der Waals surface area contributed by atoms with Gasteiger partial charge in [-0.15, -0.1) is 12.4 Å². The molecule has 1 heterocycles. The Morgan fingerprint density at radius 3 is 2.30 bits per heavy atom. The van der Waals surface area contributed by atoms with Crippen LogP contribution < -0.4 is 5.32 Å². The molecule has 1 aromatic carbocycles.